The summed E-state index contributed by atoms with van der Waals surface area (Å²) >= 11 is 5.97. The third-order valence-electron chi connectivity index (χ3n) is 2.50. The molecular weight excluding hydrogens is 266 g/mol. The lowest BCUT2D eigenvalue weighted by Gasteiger charge is -2.23. The lowest BCUT2D eigenvalue weighted by molar-refractivity contribution is -0.152. The fourth-order valence-corrected chi connectivity index (χ4v) is 1.79. The van der Waals surface area contributed by atoms with Gasteiger partial charge in [-0.25, -0.2) is 4.79 Å². The highest BCUT2D eigenvalue weighted by Gasteiger charge is 2.22. The van der Waals surface area contributed by atoms with Crippen molar-refractivity contribution < 1.29 is 14.3 Å². The number of carbonyl (C=O) groups excluding carboxylic acids is 2. The van der Waals surface area contributed by atoms with Crippen LogP contribution in [-0.4, -0.2) is 18.5 Å². The number of ether oxygens (including phenoxy) is 1. The predicted molar refractivity (Wildman–Crippen MR) is 75.4 cm³/mol. The van der Waals surface area contributed by atoms with Gasteiger partial charge in [0.25, 0.3) is 0 Å². The van der Waals surface area contributed by atoms with Crippen LogP contribution < -0.4 is 5.32 Å². The Morgan fingerprint density at radius 3 is 2.47 bits per heavy atom. The molecule has 0 saturated carbocycles. The van der Waals surface area contributed by atoms with E-state index in [0.29, 0.717) is 10.7 Å². The Hall–Kier alpha value is -1.55. The van der Waals surface area contributed by atoms with Gasteiger partial charge in [-0.05, 0) is 36.1 Å². The summed E-state index contributed by atoms with van der Waals surface area (Å²) in [5, 5.41) is 3.14. The second kappa shape index (κ2) is 6.06. The topological polar surface area (TPSA) is 55.4 Å². The van der Waals surface area contributed by atoms with Gasteiger partial charge < -0.3 is 10.1 Å². The van der Waals surface area contributed by atoms with Crippen LogP contribution in [0.1, 0.15) is 33.3 Å². The Kier molecular flexibility index (Phi) is 4.95. The van der Waals surface area contributed by atoms with Gasteiger partial charge in [0.15, 0.2) is 0 Å². The lowest BCUT2D eigenvalue weighted by atomic mass is 9.86. The summed E-state index contributed by atoms with van der Waals surface area (Å²) in [6, 6.07) is 5.12. The molecule has 1 aromatic carbocycles. The van der Waals surface area contributed by atoms with Gasteiger partial charge in [0.2, 0.25) is 0 Å². The fraction of sp³-hybridized carbons (Fsp3) is 0.429. The first-order valence-corrected chi connectivity index (χ1v) is 6.41. The third-order valence-corrected chi connectivity index (χ3v) is 2.73. The number of rotatable bonds is 2. The van der Waals surface area contributed by atoms with Crippen molar-refractivity contribution in [3.63, 3.8) is 0 Å². The smallest absolute Gasteiger partial charge is 0.397 e. The quantitative estimate of drug-likeness (QED) is 0.670. The fourth-order valence-electron chi connectivity index (χ4n) is 1.62. The Balaban J connectivity index is 3.02. The highest BCUT2D eigenvalue weighted by atomic mass is 35.5. The van der Waals surface area contributed by atoms with Crippen molar-refractivity contribution in [2.45, 2.75) is 33.1 Å². The number of anilines is 1. The molecule has 1 aromatic rings. The molecule has 0 aliphatic rings. The van der Waals surface area contributed by atoms with Gasteiger partial charge in [0, 0.05) is 10.7 Å². The SMILES string of the molecule is CCOC(=O)C(=O)Nc1ccc(Cl)cc1C(C)(C)C. The highest BCUT2D eigenvalue weighted by Crippen LogP contribution is 2.31. The molecule has 0 aliphatic heterocycles. The molecule has 104 valence electrons. The predicted octanol–water partition coefficient (Wildman–Crippen LogP) is 3.14. The zero-order valence-electron chi connectivity index (χ0n) is 11.5. The summed E-state index contributed by atoms with van der Waals surface area (Å²) in [4.78, 5) is 23.0. The molecule has 1 amide bonds. The number of hydrogen-bond donors (Lipinski definition) is 1. The number of benzene rings is 1. The normalized spacial score (nSPS) is 11.0. The standard InChI is InChI=1S/C14H18ClNO3/c1-5-19-13(18)12(17)16-11-7-6-9(15)8-10(11)14(2,3)4/h6-8H,5H2,1-4H3,(H,16,17). The number of carbonyl (C=O) groups is 2. The molecular formula is C14H18ClNO3. The monoisotopic (exact) mass is 283 g/mol. The van der Waals surface area contributed by atoms with Crippen molar-refractivity contribution in [1.29, 1.82) is 0 Å². The maximum absolute atomic E-state index is 11.6. The van der Waals surface area contributed by atoms with Crippen LogP contribution >= 0.6 is 11.6 Å². The summed E-state index contributed by atoms with van der Waals surface area (Å²) in [6.07, 6.45) is 0. The molecule has 1 N–H and O–H groups in total. The maximum Gasteiger partial charge on any atom is 0.397 e. The molecule has 4 nitrogen and oxygen atoms in total. The molecule has 0 saturated heterocycles. The molecule has 0 fully saturated rings. The number of nitrogens with one attached hydrogen (secondary N) is 1. The Bertz CT molecular complexity index is 492. The van der Waals surface area contributed by atoms with Crippen LogP contribution in [0.5, 0.6) is 0 Å². The van der Waals surface area contributed by atoms with Gasteiger partial charge in [0.1, 0.15) is 0 Å². The molecule has 0 spiro atoms. The van der Waals surface area contributed by atoms with E-state index in [1.54, 1.807) is 25.1 Å². The zero-order chi connectivity index (χ0) is 14.6. The van der Waals surface area contributed by atoms with E-state index in [1.165, 1.54) is 0 Å². The van der Waals surface area contributed by atoms with Crippen LogP contribution in [0.4, 0.5) is 5.69 Å². The number of hydrogen-bond acceptors (Lipinski definition) is 3. The van der Waals surface area contributed by atoms with Crippen LogP contribution in [0.2, 0.25) is 5.02 Å². The van der Waals surface area contributed by atoms with Crippen molar-refractivity contribution in [1.82, 2.24) is 0 Å². The zero-order valence-corrected chi connectivity index (χ0v) is 12.3. The first-order chi connectivity index (χ1) is 8.75. The van der Waals surface area contributed by atoms with E-state index in [1.807, 2.05) is 20.8 Å². The van der Waals surface area contributed by atoms with Crippen molar-refractivity contribution in [3.8, 4) is 0 Å². The maximum atomic E-state index is 11.6. The minimum Gasteiger partial charge on any atom is -0.459 e. The van der Waals surface area contributed by atoms with Crippen LogP contribution in [0.3, 0.4) is 0 Å². The minimum absolute atomic E-state index is 0.166. The molecule has 0 heterocycles. The van der Waals surface area contributed by atoms with Crippen LogP contribution in [0.25, 0.3) is 0 Å². The van der Waals surface area contributed by atoms with E-state index in [2.05, 4.69) is 10.1 Å². The van der Waals surface area contributed by atoms with E-state index in [4.69, 9.17) is 11.6 Å². The van der Waals surface area contributed by atoms with Crippen LogP contribution in [0.15, 0.2) is 18.2 Å². The minimum atomic E-state index is -0.891. The van der Waals surface area contributed by atoms with E-state index in [-0.39, 0.29) is 12.0 Å². The van der Waals surface area contributed by atoms with Crippen LogP contribution in [0, 0.1) is 0 Å². The second-order valence-electron chi connectivity index (χ2n) is 5.11. The molecule has 0 unspecified atom stereocenters. The van der Waals surface area contributed by atoms with Crippen molar-refractivity contribution in [2.24, 2.45) is 0 Å². The average Bonchev–Trinajstić information content (AvgIpc) is 2.30. The van der Waals surface area contributed by atoms with Gasteiger partial charge in [-0.2, -0.15) is 0 Å². The average molecular weight is 284 g/mol. The molecule has 0 aromatic heterocycles. The van der Waals surface area contributed by atoms with E-state index in [9.17, 15) is 9.59 Å². The van der Waals surface area contributed by atoms with Crippen LogP contribution in [-0.2, 0) is 19.7 Å². The van der Waals surface area contributed by atoms with E-state index >= 15 is 0 Å². The summed E-state index contributed by atoms with van der Waals surface area (Å²) in [5.74, 6) is -1.67. The second-order valence-corrected chi connectivity index (χ2v) is 5.55. The van der Waals surface area contributed by atoms with Gasteiger partial charge in [-0.15, -0.1) is 0 Å². The summed E-state index contributed by atoms with van der Waals surface area (Å²) < 4.78 is 4.65. The molecule has 0 bridgehead atoms. The number of esters is 1. The molecule has 5 heteroatoms. The van der Waals surface area contributed by atoms with Crippen molar-refractivity contribution in [3.05, 3.63) is 28.8 Å². The Morgan fingerprint density at radius 1 is 1.32 bits per heavy atom. The number of amides is 1. The molecule has 0 atom stereocenters. The van der Waals surface area contributed by atoms with Gasteiger partial charge >= 0.3 is 11.9 Å². The Labute approximate surface area is 118 Å². The summed E-state index contributed by atoms with van der Waals surface area (Å²) in [7, 11) is 0. The van der Waals surface area contributed by atoms with Crippen molar-refractivity contribution >= 4 is 29.2 Å². The van der Waals surface area contributed by atoms with Gasteiger partial charge in [0.05, 0.1) is 6.61 Å². The lowest BCUT2D eigenvalue weighted by Crippen LogP contribution is -2.26. The third kappa shape index (κ3) is 4.24. The summed E-state index contributed by atoms with van der Waals surface area (Å²) in [5.41, 5.74) is 1.22. The summed E-state index contributed by atoms with van der Waals surface area (Å²) in [6.45, 7) is 7.81. The van der Waals surface area contributed by atoms with E-state index in [0.717, 1.165) is 5.56 Å². The van der Waals surface area contributed by atoms with Crippen molar-refractivity contribution in [2.75, 3.05) is 11.9 Å². The number of halogens is 1. The molecule has 0 aliphatic carbocycles. The first kappa shape index (κ1) is 15.5. The first-order valence-electron chi connectivity index (χ1n) is 6.04. The van der Waals surface area contributed by atoms with Gasteiger partial charge in [-0.3, -0.25) is 4.79 Å². The molecule has 19 heavy (non-hydrogen) atoms. The molecule has 0 radical (unpaired) electrons. The van der Waals surface area contributed by atoms with Gasteiger partial charge in [-0.1, -0.05) is 32.4 Å². The highest BCUT2D eigenvalue weighted by molar-refractivity contribution is 6.37. The largest absolute Gasteiger partial charge is 0.459 e. The Morgan fingerprint density at radius 2 is 1.95 bits per heavy atom. The van der Waals surface area contributed by atoms with E-state index < -0.39 is 11.9 Å². The molecule has 1 rings (SSSR count).